The number of hydrogen-bond acceptors (Lipinski definition) is 3. The number of rotatable bonds is 6. The van der Waals surface area contributed by atoms with Crippen LogP contribution >= 0.6 is 0 Å². The molecule has 0 aromatic rings. The molecule has 2 unspecified atom stereocenters. The smallest absolute Gasteiger partial charge is 0.238 e. The zero-order valence-electron chi connectivity index (χ0n) is 12.5. The summed E-state index contributed by atoms with van der Waals surface area (Å²) >= 11 is 0. The Hall–Kier alpha value is -0.610. The Balaban J connectivity index is 2.74. The van der Waals surface area contributed by atoms with Gasteiger partial charge in [-0.25, -0.2) is 0 Å². The predicted molar refractivity (Wildman–Crippen MR) is 75.3 cm³/mol. The second-order valence-corrected chi connectivity index (χ2v) is 6.42. The molecule has 3 N–H and O–H groups in total. The van der Waals surface area contributed by atoms with Crippen LogP contribution in [0.1, 0.15) is 47.5 Å². The van der Waals surface area contributed by atoms with Crippen LogP contribution in [0, 0.1) is 5.92 Å². The van der Waals surface area contributed by atoms with Gasteiger partial charge in [0.25, 0.3) is 0 Å². The van der Waals surface area contributed by atoms with Crippen LogP contribution in [0.15, 0.2) is 0 Å². The molecule has 4 heteroatoms. The van der Waals surface area contributed by atoms with Gasteiger partial charge < -0.3 is 11.1 Å². The Labute approximate surface area is 111 Å². The van der Waals surface area contributed by atoms with Gasteiger partial charge in [0, 0.05) is 18.6 Å². The van der Waals surface area contributed by atoms with Crippen molar-refractivity contribution in [3.63, 3.8) is 0 Å². The summed E-state index contributed by atoms with van der Waals surface area (Å²) in [5.74, 6) is 0.370. The fourth-order valence-corrected chi connectivity index (χ4v) is 3.04. The maximum atomic E-state index is 11.8. The Bertz CT molecular complexity index is 291. The van der Waals surface area contributed by atoms with Crippen molar-refractivity contribution >= 4 is 5.91 Å². The zero-order chi connectivity index (χ0) is 13.9. The van der Waals surface area contributed by atoms with E-state index in [1.54, 1.807) is 0 Å². The van der Waals surface area contributed by atoms with Crippen LogP contribution < -0.4 is 11.1 Å². The molecule has 1 amide bonds. The summed E-state index contributed by atoms with van der Waals surface area (Å²) in [7, 11) is 0. The average molecular weight is 255 g/mol. The Kier molecular flexibility index (Phi) is 5.17. The van der Waals surface area contributed by atoms with Gasteiger partial charge in [-0.15, -0.1) is 0 Å². The number of nitrogens with one attached hydrogen (secondary N) is 1. The SMILES string of the molecule is CC(C)NC(C)(CN1CCCC1C(C)C)C(N)=O. The maximum Gasteiger partial charge on any atom is 0.238 e. The zero-order valence-corrected chi connectivity index (χ0v) is 12.5. The topological polar surface area (TPSA) is 58.4 Å². The van der Waals surface area contributed by atoms with Gasteiger partial charge in [-0.3, -0.25) is 9.69 Å². The molecule has 1 aliphatic rings. The molecule has 2 atom stereocenters. The van der Waals surface area contributed by atoms with Gasteiger partial charge in [-0.1, -0.05) is 13.8 Å². The van der Waals surface area contributed by atoms with E-state index in [1.165, 1.54) is 12.8 Å². The number of hydrogen-bond donors (Lipinski definition) is 2. The molecule has 1 rings (SSSR count). The van der Waals surface area contributed by atoms with E-state index < -0.39 is 5.54 Å². The molecule has 0 saturated carbocycles. The minimum Gasteiger partial charge on any atom is -0.368 e. The van der Waals surface area contributed by atoms with Gasteiger partial charge >= 0.3 is 0 Å². The average Bonchev–Trinajstić information content (AvgIpc) is 2.63. The molecule has 0 bridgehead atoms. The van der Waals surface area contributed by atoms with E-state index in [-0.39, 0.29) is 11.9 Å². The van der Waals surface area contributed by atoms with Gasteiger partial charge in [-0.2, -0.15) is 0 Å². The number of nitrogens with two attached hydrogens (primary N) is 1. The highest BCUT2D eigenvalue weighted by Crippen LogP contribution is 2.25. The van der Waals surface area contributed by atoms with Crippen LogP contribution in [0.4, 0.5) is 0 Å². The van der Waals surface area contributed by atoms with Gasteiger partial charge in [0.15, 0.2) is 0 Å². The minimum atomic E-state index is -0.633. The first-order valence-electron chi connectivity index (χ1n) is 7.08. The molecule has 1 aliphatic heterocycles. The van der Waals surface area contributed by atoms with Crippen molar-refractivity contribution in [2.24, 2.45) is 11.7 Å². The number of amides is 1. The second kappa shape index (κ2) is 6.02. The summed E-state index contributed by atoms with van der Waals surface area (Å²) in [5.41, 5.74) is 4.96. The highest BCUT2D eigenvalue weighted by atomic mass is 16.1. The summed E-state index contributed by atoms with van der Waals surface area (Å²) in [6.45, 7) is 12.3. The Morgan fingerprint density at radius 2 is 2.06 bits per heavy atom. The number of primary amides is 1. The van der Waals surface area contributed by atoms with Gasteiger partial charge in [-0.05, 0) is 46.1 Å². The van der Waals surface area contributed by atoms with Gasteiger partial charge in [0.05, 0.1) is 0 Å². The van der Waals surface area contributed by atoms with Crippen LogP contribution in [0.5, 0.6) is 0 Å². The van der Waals surface area contributed by atoms with Crippen molar-refractivity contribution in [3.8, 4) is 0 Å². The largest absolute Gasteiger partial charge is 0.368 e. The van der Waals surface area contributed by atoms with Gasteiger partial charge in [0.1, 0.15) is 5.54 Å². The first-order chi connectivity index (χ1) is 8.26. The van der Waals surface area contributed by atoms with Crippen molar-refractivity contribution in [2.75, 3.05) is 13.1 Å². The van der Waals surface area contributed by atoms with E-state index >= 15 is 0 Å². The molecule has 0 radical (unpaired) electrons. The fraction of sp³-hybridized carbons (Fsp3) is 0.929. The first-order valence-corrected chi connectivity index (χ1v) is 7.08. The molecule has 4 nitrogen and oxygen atoms in total. The summed E-state index contributed by atoms with van der Waals surface area (Å²) < 4.78 is 0. The molecule has 0 aromatic heterocycles. The summed E-state index contributed by atoms with van der Waals surface area (Å²) in [5, 5.41) is 3.33. The van der Waals surface area contributed by atoms with Crippen LogP contribution in [-0.4, -0.2) is 41.5 Å². The lowest BCUT2D eigenvalue weighted by Crippen LogP contribution is -2.62. The third-order valence-corrected chi connectivity index (χ3v) is 3.85. The number of likely N-dealkylation sites (tertiary alicyclic amines) is 1. The Morgan fingerprint density at radius 3 is 2.50 bits per heavy atom. The summed E-state index contributed by atoms with van der Waals surface area (Å²) in [6, 6.07) is 0.834. The Morgan fingerprint density at radius 1 is 1.44 bits per heavy atom. The molecule has 1 heterocycles. The molecule has 1 saturated heterocycles. The van der Waals surface area contributed by atoms with Crippen LogP contribution in [0.3, 0.4) is 0 Å². The van der Waals surface area contributed by atoms with Crippen LogP contribution in [-0.2, 0) is 4.79 Å². The molecule has 18 heavy (non-hydrogen) atoms. The molecule has 0 spiro atoms. The van der Waals surface area contributed by atoms with Crippen molar-refractivity contribution < 1.29 is 4.79 Å². The van der Waals surface area contributed by atoms with E-state index in [2.05, 4.69) is 24.1 Å². The lowest BCUT2D eigenvalue weighted by atomic mass is 9.96. The van der Waals surface area contributed by atoms with E-state index in [0.29, 0.717) is 18.5 Å². The van der Waals surface area contributed by atoms with Crippen LogP contribution in [0.25, 0.3) is 0 Å². The van der Waals surface area contributed by atoms with E-state index in [4.69, 9.17) is 5.73 Å². The van der Waals surface area contributed by atoms with Crippen molar-refractivity contribution in [1.29, 1.82) is 0 Å². The third kappa shape index (κ3) is 3.69. The fourth-order valence-electron chi connectivity index (χ4n) is 3.04. The third-order valence-electron chi connectivity index (χ3n) is 3.85. The molecular formula is C14H29N3O. The van der Waals surface area contributed by atoms with Crippen molar-refractivity contribution in [1.82, 2.24) is 10.2 Å². The molecule has 0 aliphatic carbocycles. The number of carbonyl (C=O) groups excluding carboxylic acids is 1. The predicted octanol–water partition coefficient (Wildman–Crippen LogP) is 1.35. The number of nitrogens with zero attached hydrogens (tertiary/aromatic N) is 1. The number of carbonyl (C=O) groups is 1. The lowest BCUT2D eigenvalue weighted by molar-refractivity contribution is -0.125. The molecule has 0 aromatic carbocycles. The molecule has 106 valence electrons. The van der Waals surface area contributed by atoms with Crippen molar-refractivity contribution in [3.05, 3.63) is 0 Å². The highest BCUT2D eigenvalue weighted by Gasteiger charge is 2.37. The molecular weight excluding hydrogens is 226 g/mol. The highest BCUT2D eigenvalue weighted by molar-refractivity contribution is 5.84. The standard InChI is InChI=1S/C14H29N3O/c1-10(2)12-7-6-8-17(12)9-14(5,13(15)18)16-11(3)4/h10-12,16H,6-9H2,1-5H3,(H2,15,18). The maximum absolute atomic E-state index is 11.8. The first kappa shape index (κ1) is 15.4. The molecule has 1 fully saturated rings. The monoisotopic (exact) mass is 255 g/mol. The van der Waals surface area contributed by atoms with E-state index in [0.717, 1.165) is 6.54 Å². The lowest BCUT2D eigenvalue weighted by Gasteiger charge is -2.37. The second-order valence-electron chi connectivity index (χ2n) is 6.42. The quantitative estimate of drug-likeness (QED) is 0.753. The minimum absolute atomic E-state index is 0.252. The van der Waals surface area contributed by atoms with Crippen LogP contribution in [0.2, 0.25) is 0 Å². The van der Waals surface area contributed by atoms with E-state index in [1.807, 2.05) is 20.8 Å². The van der Waals surface area contributed by atoms with E-state index in [9.17, 15) is 4.79 Å². The van der Waals surface area contributed by atoms with Crippen molar-refractivity contribution in [2.45, 2.75) is 65.1 Å². The van der Waals surface area contributed by atoms with Gasteiger partial charge in [0.2, 0.25) is 5.91 Å². The summed E-state index contributed by atoms with van der Waals surface area (Å²) in [6.07, 6.45) is 2.45. The summed E-state index contributed by atoms with van der Waals surface area (Å²) in [4.78, 5) is 14.2. The normalized spacial score (nSPS) is 24.7.